The molecule has 2 aromatic carbocycles. The van der Waals surface area contributed by atoms with Gasteiger partial charge in [0, 0.05) is 11.9 Å². The minimum absolute atomic E-state index is 1.04. The predicted molar refractivity (Wildman–Crippen MR) is 106 cm³/mol. The Labute approximate surface area is 174 Å². The van der Waals surface area contributed by atoms with E-state index in [0.717, 1.165) is 6.42 Å². The summed E-state index contributed by atoms with van der Waals surface area (Å²) >= 11 is -2.77. The van der Waals surface area contributed by atoms with Crippen molar-refractivity contribution in [2.75, 3.05) is 0 Å². The van der Waals surface area contributed by atoms with E-state index in [1.54, 1.807) is 0 Å². The monoisotopic (exact) mass is 443 g/mol. The van der Waals surface area contributed by atoms with Crippen molar-refractivity contribution in [3.63, 3.8) is 0 Å². The first-order chi connectivity index (χ1) is 13.1. The van der Waals surface area contributed by atoms with Crippen LogP contribution in [0.1, 0.15) is 37.4 Å². The Morgan fingerprint density at radius 3 is 2.48 bits per heavy atom. The van der Waals surface area contributed by atoms with Crippen LogP contribution < -0.4 is 0 Å². The fourth-order valence-electron chi connectivity index (χ4n) is 3.18. The van der Waals surface area contributed by atoms with E-state index in [4.69, 9.17) is 0 Å². The zero-order valence-electron chi connectivity index (χ0n) is 16.1. The van der Waals surface area contributed by atoms with Crippen molar-refractivity contribution in [2.24, 2.45) is 0 Å². The van der Waals surface area contributed by atoms with Crippen molar-refractivity contribution in [3.05, 3.63) is 83.7 Å². The van der Waals surface area contributed by atoms with Crippen molar-refractivity contribution in [1.82, 2.24) is 4.57 Å². The number of hydrogen-bond donors (Lipinski definition) is 0. The molecular weight excluding hydrogens is 419 g/mol. The molecule has 0 N–H and O–H groups in total. The summed E-state index contributed by atoms with van der Waals surface area (Å²) in [4.78, 5) is 0. The van der Waals surface area contributed by atoms with Gasteiger partial charge in [-0.1, -0.05) is 25.8 Å². The topological polar surface area (TPSA) is 4.93 Å². The third-order valence-corrected chi connectivity index (χ3v) is 4.32. The summed E-state index contributed by atoms with van der Waals surface area (Å²) in [5.74, 6) is 0. The zero-order valence-corrected chi connectivity index (χ0v) is 18.6. The fourth-order valence-corrected chi connectivity index (χ4v) is 3.18. The maximum atomic E-state index is 9.80. The molecule has 0 fully saturated rings. The van der Waals surface area contributed by atoms with Crippen molar-refractivity contribution in [3.8, 4) is 5.69 Å². The molecule has 0 radical (unpaired) electrons. The number of nitrogens with zero attached hydrogens (tertiary/aromatic N) is 1. The average molecular weight is 445 g/mol. The molecule has 0 saturated heterocycles. The van der Waals surface area contributed by atoms with Crippen molar-refractivity contribution < 1.29 is 29.7 Å². The summed E-state index contributed by atoms with van der Waals surface area (Å²) in [6.07, 6.45) is 13.3. The second-order valence-electron chi connectivity index (χ2n) is 6.50. The van der Waals surface area contributed by atoms with Gasteiger partial charge in [0.1, 0.15) is 0 Å². The third kappa shape index (κ3) is 6.46. The molecule has 0 bridgehead atoms. The number of hydrogen-bond acceptors (Lipinski definition) is 0. The van der Waals surface area contributed by atoms with Crippen LogP contribution in [0, 0.1) is 19.9 Å². The van der Waals surface area contributed by atoms with Gasteiger partial charge in [0.05, 0.1) is 0 Å². The van der Waals surface area contributed by atoms with E-state index in [9.17, 15) is 5.25 Å². The number of fused-ring (bicyclic) bond motifs is 1. The molecule has 1 aliphatic rings. The number of aromatic nitrogens is 1. The first kappa shape index (κ1) is 21.6. The van der Waals surface area contributed by atoms with Gasteiger partial charge in [-0.3, -0.25) is 6.08 Å². The van der Waals surface area contributed by atoms with Crippen LogP contribution in [0.5, 0.6) is 0 Å². The second kappa shape index (κ2) is 11.2. The van der Waals surface area contributed by atoms with Gasteiger partial charge in [-0.2, -0.15) is 6.08 Å². The minimum atomic E-state index is -2.77. The first-order valence-electron chi connectivity index (χ1n) is 9.13. The number of rotatable bonds is 3. The quantitative estimate of drug-likeness (QED) is 0.374. The van der Waals surface area contributed by atoms with Crippen LogP contribution in [-0.4, -0.2) is 4.57 Å². The maximum absolute atomic E-state index is 9.80. The van der Waals surface area contributed by atoms with Crippen molar-refractivity contribution >= 4 is 10.8 Å². The molecule has 3 aromatic rings. The molecule has 1 aromatic heterocycles. The Morgan fingerprint density at radius 1 is 1.19 bits per heavy atom. The second-order valence-corrected chi connectivity index (χ2v) is 6.85. The van der Waals surface area contributed by atoms with Gasteiger partial charge in [0.2, 0.25) is 0 Å². The molecular formula is C23H25F2NZr. The summed E-state index contributed by atoms with van der Waals surface area (Å²) in [6, 6.07) is 15.2. The molecule has 1 heterocycles. The molecule has 27 heavy (non-hydrogen) atoms. The molecule has 4 heteroatoms. The van der Waals surface area contributed by atoms with Crippen LogP contribution in [-0.2, 0) is 24.5 Å². The van der Waals surface area contributed by atoms with Crippen molar-refractivity contribution in [2.45, 2.75) is 40.0 Å². The van der Waals surface area contributed by atoms with Crippen LogP contribution in [0.15, 0.2) is 66.4 Å². The van der Waals surface area contributed by atoms with E-state index in [1.165, 1.54) is 46.1 Å². The molecule has 0 amide bonds. The van der Waals surface area contributed by atoms with E-state index in [1.807, 2.05) is 0 Å². The van der Waals surface area contributed by atoms with Crippen LogP contribution in [0.2, 0.25) is 0 Å². The standard InChI is InChI=1S/C15H14N.C8H11.2FH.Zr/c1-11-7-12(2)16(10-11)15-8-13-5-3-4-6-14(13)9-15;1-2-5-8-6-3-4-7-8;;;/h3-10H,1-2H3;3,6H,2,4-5H2,1H3;2*1H;/q2*-1;;;+4/p-2. The summed E-state index contributed by atoms with van der Waals surface area (Å²) in [6.45, 7) is 6.47. The molecule has 140 valence electrons. The van der Waals surface area contributed by atoms with Gasteiger partial charge in [0.15, 0.2) is 0 Å². The summed E-state index contributed by atoms with van der Waals surface area (Å²) in [7, 11) is 0. The Morgan fingerprint density at radius 2 is 1.93 bits per heavy atom. The van der Waals surface area contributed by atoms with E-state index >= 15 is 0 Å². The fraction of sp³-hybridized carbons (Fsp3) is 0.261. The normalized spacial score (nSPS) is 12.0. The molecule has 4 rings (SSSR count). The number of benzene rings is 1. The van der Waals surface area contributed by atoms with E-state index < -0.39 is 24.5 Å². The van der Waals surface area contributed by atoms with Crippen LogP contribution in [0.25, 0.3) is 16.5 Å². The van der Waals surface area contributed by atoms with E-state index in [-0.39, 0.29) is 0 Å². The van der Waals surface area contributed by atoms with Crippen LogP contribution >= 0.6 is 0 Å². The molecule has 1 nitrogen and oxygen atoms in total. The molecule has 0 unspecified atom stereocenters. The van der Waals surface area contributed by atoms with Gasteiger partial charge in [-0.05, 0) is 31.2 Å². The number of halogens is 2. The van der Waals surface area contributed by atoms with Crippen molar-refractivity contribution in [1.29, 1.82) is 0 Å². The van der Waals surface area contributed by atoms with Gasteiger partial charge in [-0.25, -0.2) is 11.6 Å². The van der Waals surface area contributed by atoms with Gasteiger partial charge >= 0.3 is 29.7 Å². The number of aryl methyl sites for hydroxylation is 2. The van der Waals surface area contributed by atoms with Gasteiger partial charge in [-0.15, -0.1) is 47.5 Å². The Bertz CT molecular complexity index is 869. The molecule has 0 atom stereocenters. The van der Waals surface area contributed by atoms with Crippen LogP contribution in [0.3, 0.4) is 0 Å². The molecule has 0 spiro atoms. The van der Waals surface area contributed by atoms with Gasteiger partial charge < -0.3 is 4.57 Å². The SMILES string of the molecule is CCCC1=[C-]CC=C1.Cc1cc(C)n(-c2cc3ccccc3[cH-]2)c1.[F][Zr+2][F]. The Balaban J connectivity index is 0.000000200. The zero-order chi connectivity index (χ0) is 19.6. The Hall–Kier alpha value is -1.67. The molecule has 0 saturated carbocycles. The van der Waals surface area contributed by atoms with E-state index in [2.05, 4.69) is 92.2 Å². The number of allylic oxidation sites excluding steroid dienone is 4. The van der Waals surface area contributed by atoms with E-state index in [0.29, 0.717) is 0 Å². The first-order valence-corrected chi connectivity index (χ1v) is 11.0. The summed E-state index contributed by atoms with van der Waals surface area (Å²) in [5, 5.41) is 2.62. The third-order valence-electron chi connectivity index (χ3n) is 4.32. The summed E-state index contributed by atoms with van der Waals surface area (Å²) in [5.41, 5.74) is 5.25. The van der Waals surface area contributed by atoms with Crippen LogP contribution in [0.4, 0.5) is 5.25 Å². The predicted octanol–water partition coefficient (Wildman–Crippen LogP) is 7.28. The average Bonchev–Trinajstić information content (AvgIpc) is 3.36. The molecule has 0 aliphatic heterocycles. The summed E-state index contributed by atoms with van der Waals surface area (Å²) < 4.78 is 21.8. The Kier molecular flexibility index (Phi) is 9.00. The molecule has 1 aliphatic carbocycles. The van der Waals surface area contributed by atoms with Gasteiger partial charge in [0.25, 0.3) is 0 Å².